The molecule has 1 aliphatic rings. The van der Waals surface area contributed by atoms with Gasteiger partial charge >= 0.3 is 0 Å². The van der Waals surface area contributed by atoms with Crippen LogP contribution in [0.2, 0.25) is 0 Å². The molecule has 1 aromatic carbocycles. The van der Waals surface area contributed by atoms with Crippen LogP contribution in [0.15, 0.2) is 54.9 Å². The molecule has 4 rings (SSSR count). The van der Waals surface area contributed by atoms with Gasteiger partial charge in [-0.1, -0.05) is 18.2 Å². The van der Waals surface area contributed by atoms with Gasteiger partial charge in [-0.05, 0) is 24.3 Å². The third-order valence-corrected chi connectivity index (χ3v) is 4.73. The molecule has 3 heterocycles. The molecule has 1 saturated heterocycles. The maximum atomic E-state index is 12.6. The molecule has 0 atom stereocenters. The Morgan fingerprint density at radius 2 is 1.88 bits per heavy atom. The molecule has 132 valence electrons. The van der Waals surface area contributed by atoms with Crippen LogP contribution in [0.25, 0.3) is 10.9 Å². The average molecular weight is 348 g/mol. The van der Waals surface area contributed by atoms with Gasteiger partial charge in [0, 0.05) is 49.5 Å². The SMILES string of the molecule is O=C(c1cccnc1)N1CCN(c2nc3ccccc3cc2CO)CC1. The predicted octanol–water partition coefficient (Wildman–Crippen LogP) is 2.08. The number of hydrogen-bond acceptors (Lipinski definition) is 5. The van der Waals surface area contributed by atoms with Gasteiger partial charge in [-0.25, -0.2) is 4.98 Å². The lowest BCUT2D eigenvalue weighted by Gasteiger charge is -2.36. The lowest BCUT2D eigenvalue weighted by Crippen LogP contribution is -2.49. The molecular weight excluding hydrogens is 328 g/mol. The van der Waals surface area contributed by atoms with Crippen molar-refractivity contribution in [3.05, 3.63) is 66.0 Å². The Labute approximate surface area is 151 Å². The monoisotopic (exact) mass is 348 g/mol. The number of pyridine rings is 2. The standard InChI is InChI=1S/C20H20N4O2/c25-14-17-12-15-4-1-2-6-18(15)22-19(17)23-8-10-24(11-9-23)20(26)16-5-3-7-21-13-16/h1-7,12-13,25H,8-11,14H2. The summed E-state index contributed by atoms with van der Waals surface area (Å²) in [7, 11) is 0. The first-order chi connectivity index (χ1) is 12.8. The minimum Gasteiger partial charge on any atom is -0.392 e. The second kappa shape index (κ2) is 7.09. The molecule has 1 aliphatic heterocycles. The largest absolute Gasteiger partial charge is 0.392 e. The van der Waals surface area contributed by atoms with Gasteiger partial charge in [0.1, 0.15) is 5.82 Å². The highest BCUT2D eigenvalue weighted by Gasteiger charge is 2.24. The number of anilines is 1. The molecular formula is C20H20N4O2. The molecule has 0 unspecified atom stereocenters. The third kappa shape index (κ3) is 3.11. The Balaban J connectivity index is 1.53. The fourth-order valence-corrected chi connectivity index (χ4v) is 3.33. The Hall–Kier alpha value is -2.99. The molecule has 0 saturated carbocycles. The molecule has 1 N–H and O–H groups in total. The summed E-state index contributed by atoms with van der Waals surface area (Å²) < 4.78 is 0. The van der Waals surface area contributed by atoms with Crippen LogP contribution in [-0.4, -0.2) is 52.1 Å². The van der Waals surface area contributed by atoms with E-state index in [-0.39, 0.29) is 12.5 Å². The van der Waals surface area contributed by atoms with Crippen LogP contribution < -0.4 is 4.90 Å². The lowest BCUT2D eigenvalue weighted by molar-refractivity contribution is 0.0746. The number of carbonyl (C=O) groups is 1. The third-order valence-electron chi connectivity index (χ3n) is 4.73. The highest BCUT2D eigenvalue weighted by Crippen LogP contribution is 2.25. The van der Waals surface area contributed by atoms with E-state index in [1.165, 1.54) is 0 Å². The summed E-state index contributed by atoms with van der Waals surface area (Å²) in [5.74, 6) is 0.811. The second-order valence-electron chi connectivity index (χ2n) is 6.34. The first-order valence-electron chi connectivity index (χ1n) is 8.70. The van der Waals surface area contributed by atoms with Gasteiger partial charge in [0.2, 0.25) is 0 Å². The summed E-state index contributed by atoms with van der Waals surface area (Å²) in [6.45, 7) is 2.55. The molecule has 0 aliphatic carbocycles. The minimum atomic E-state index is -0.0536. The van der Waals surface area contributed by atoms with Crippen LogP contribution in [0.5, 0.6) is 0 Å². The van der Waals surface area contributed by atoms with Crippen LogP contribution in [-0.2, 0) is 6.61 Å². The van der Waals surface area contributed by atoms with Crippen LogP contribution in [0.1, 0.15) is 15.9 Å². The molecule has 1 fully saturated rings. The number of piperazine rings is 1. The summed E-state index contributed by atoms with van der Waals surface area (Å²) >= 11 is 0. The van der Waals surface area contributed by atoms with E-state index in [4.69, 9.17) is 4.98 Å². The summed E-state index contributed by atoms with van der Waals surface area (Å²) in [4.78, 5) is 25.3. The van der Waals surface area contributed by atoms with Gasteiger partial charge < -0.3 is 14.9 Å². The molecule has 6 nitrogen and oxygen atoms in total. The van der Waals surface area contributed by atoms with E-state index in [0.717, 1.165) is 22.3 Å². The maximum Gasteiger partial charge on any atom is 0.255 e. The van der Waals surface area contributed by atoms with Crippen LogP contribution in [0, 0.1) is 0 Å². The Bertz CT molecular complexity index is 922. The van der Waals surface area contributed by atoms with Crippen LogP contribution in [0.3, 0.4) is 0 Å². The quantitative estimate of drug-likeness (QED) is 0.785. The van der Waals surface area contributed by atoms with Crippen molar-refractivity contribution in [1.82, 2.24) is 14.9 Å². The molecule has 6 heteroatoms. The van der Waals surface area contributed by atoms with Crippen molar-refractivity contribution in [2.24, 2.45) is 0 Å². The van der Waals surface area contributed by atoms with Gasteiger partial charge in [0.15, 0.2) is 0 Å². The number of aliphatic hydroxyl groups excluding tert-OH is 1. The van der Waals surface area contributed by atoms with Gasteiger partial charge in [-0.2, -0.15) is 0 Å². The van der Waals surface area contributed by atoms with Crippen molar-refractivity contribution in [3.63, 3.8) is 0 Å². The zero-order valence-corrected chi connectivity index (χ0v) is 14.4. The Morgan fingerprint density at radius 3 is 2.62 bits per heavy atom. The zero-order chi connectivity index (χ0) is 17.9. The van der Waals surface area contributed by atoms with E-state index >= 15 is 0 Å². The van der Waals surface area contributed by atoms with Crippen molar-refractivity contribution >= 4 is 22.6 Å². The fraction of sp³-hybridized carbons (Fsp3) is 0.250. The fourth-order valence-electron chi connectivity index (χ4n) is 3.33. The molecule has 1 amide bonds. The molecule has 2 aromatic heterocycles. The molecule has 0 radical (unpaired) electrons. The number of hydrogen-bond donors (Lipinski definition) is 1. The van der Waals surface area contributed by atoms with Gasteiger partial charge in [0.05, 0.1) is 17.7 Å². The van der Waals surface area contributed by atoms with E-state index in [2.05, 4.69) is 9.88 Å². The van der Waals surface area contributed by atoms with E-state index in [9.17, 15) is 9.90 Å². The van der Waals surface area contributed by atoms with E-state index in [1.807, 2.05) is 35.2 Å². The summed E-state index contributed by atoms with van der Waals surface area (Å²) in [5.41, 5.74) is 2.34. The molecule has 0 bridgehead atoms. The summed E-state index contributed by atoms with van der Waals surface area (Å²) in [5, 5.41) is 10.8. The number of rotatable bonds is 3. The molecule has 0 spiro atoms. The van der Waals surface area contributed by atoms with Crippen LogP contribution in [0.4, 0.5) is 5.82 Å². The Kier molecular flexibility index (Phi) is 4.50. The highest BCUT2D eigenvalue weighted by atomic mass is 16.3. The lowest BCUT2D eigenvalue weighted by atomic mass is 10.1. The maximum absolute atomic E-state index is 12.6. The normalized spacial score (nSPS) is 14.7. The number of aliphatic hydroxyl groups is 1. The van der Waals surface area contributed by atoms with Crippen molar-refractivity contribution in [3.8, 4) is 0 Å². The van der Waals surface area contributed by atoms with E-state index < -0.39 is 0 Å². The number of fused-ring (bicyclic) bond motifs is 1. The van der Waals surface area contributed by atoms with Crippen LogP contribution >= 0.6 is 0 Å². The number of carbonyl (C=O) groups excluding carboxylic acids is 1. The molecule has 26 heavy (non-hydrogen) atoms. The first kappa shape index (κ1) is 16.5. The Morgan fingerprint density at radius 1 is 1.08 bits per heavy atom. The van der Waals surface area contributed by atoms with Gasteiger partial charge in [-0.15, -0.1) is 0 Å². The van der Waals surface area contributed by atoms with E-state index in [0.29, 0.717) is 31.7 Å². The van der Waals surface area contributed by atoms with E-state index in [1.54, 1.807) is 24.5 Å². The number of nitrogens with zero attached hydrogens (tertiary/aromatic N) is 4. The van der Waals surface area contributed by atoms with Crippen molar-refractivity contribution in [2.45, 2.75) is 6.61 Å². The predicted molar refractivity (Wildman–Crippen MR) is 100 cm³/mol. The van der Waals surface area contributed by atoms with Gasteiger partial charge in [0.25, 0.3) is 5.91 Å². The number of benzene rings is 1. The number of amides is 1. The minimum absolute atomic E-state index is 0.00611. The smallest absolute Gasteiger partial charge is 0.255 e. The topological polar surface area (TPSA) is 69.6 Å². The zero-order valence-electron chi connectivity index (χ0n) is 14.4. The number of aromatic nitrogens is 2. The molecule has 3 aromatic rings. The summed E-state index contributed by atoms with van der Waals surface area (Å²) in [6.07, 6.45) is 3.26. The van der Waals surface area contributed by atoms with Gasteiger partial charge in [-0.3, -0.25) is 9.78 Å². The first-order valence-corrected chi connectivity index (χ1v) is 8.70. The van der Waals surface area contributed by atoms with Crippen molar-refractivity contribution < 1.29 is 9.90 Å². The number of para-hydroxylation sites is 1. The average Bonchev–Trinajstić information content (AvgIpc) is 2.73. The second-order valence-corrected chi connectivity index (χ2v) is 6.34. The summed E-state index contributed by atoms with van der Waals surface area (Å²) in [6, 6.07) is 13.4. The van der Waals surface area contributed by atoms with Crippen molar-refractivity contribution in [2.75, 3.05) is 31.1 Å². The highest BCUT2D eigenvalue weighted by molar-refractivity contribution is 5.94. The van der Waals surface area contributed by atoms with Crippen molar-refractivity contribution in [1.29, 1.82) is 0 Å².